The van der Waals surface area contributed by atoms with Crippen molar-refractivity contribution in [3.8, 4) is 0 Å². The number of nitrogens with zero attached hydrogens (tertiary/aromatic N) is 3. The zero-order chi connectivity index (χ0) is 27.6. The van der Waals surface area contributed by atoms with Crippen molar-refractivity contribution in [1.82, 2.24) is 15.2 Å². The lowest BCUT2D eigenvalue weighted by atomic mass is 10.1. The van der Waals surface area contributed by atoms with Gasteiger partial charge in [0.1, 0.15) is 0 Å². The van der Waals surface area contributed by atoms with Crippen LogP contribution in [-0.4, -0.2) is 63.5 Å². The van der Waals surface area contributed by atoms with E-state index in [0.29, 0.717) is 18.1 Å². The minimum atomic E-state index is -3.87. The lowest BCUT2D eigenvalue weighted by molar-refractivity contribution is 0.0948. The van der Waals surface area contributed by atoms with E-state index in [1.54, 1.807) is 35.6 Å². The molecule has 1 amide bonds. The van der Waals surface area contributed by atoms with Crippen molar-refractivity contribution >= 4 is 59.9 Å². The normalized spacial score (nSPS) is 14.5. The van der Waals surface area contributed by atoms with Gasteiger partial charge in [-0.05, 0) is 67.4 Å². The van der Waals surface area contributed by atoms with Gasteiger partial charge in [0, 0.05) is 44.3 Å². The third-order valence-corrected chi connectivity index (χ3v) is 9.41. The summed E-state index contributed by atoms with van der Waals surface area (Å²) in [5.74, 6) is -0.330. The highest BCUT2D eigenvalue weighted by molar-refractivity contribution is 7.92. The molecule has 0 atom stereocenters. The number of amides is 1. The molecule has 1 aliphatic heterocycles. The Kier molecular flexibility index (Phi) is 8.08. The zero-order valence-electron chi connectivity index (χ0n) is 21.8. The van der Waals surface area contributed by atoms with Gasteiger partial charge in [0.15, 0.2) is 5.13 Å². The Morgan fingerprint density at radius 1 is 1.03 bits per heavy atom. The van der Waals surface area contributed by atoms with Gasteiger partial charge in [0.2, 0.25) is 0 Å². The van der Waals surface area contributed by atoms with Crippen molar-refractivity contribution in [3.63, 3.8) is 0 Å². The number of carbonyl (C=O) groups excluding carboxylic acids is 1. The van der Waals surface area contributed by atoms with E-state index in [2.05, 4.69) is 45.8 Å². The number of fused-ring (bicyclic) bond motifs is 1. The topological polar surface area (TPSA) is 94.6 Å². The van der Waals surface area contributed by atoms with Crippen LogP contribution in [-0.2, 0) is 10.0 Å². The van der Waals surface area contributed by atoms with Gasteiger partial charge in [-0.3, -0.25) is 14.4 Å². The minimum Gasteiger partial charge on any atom is -0.351 e. The molecule has 1 aromatic heterocycles. The molecule has 2 N–H and O–H groups in total. The summed E-state index contributed by atoms with van der Waals surface area (Å²) in [6.45, 7) is 8.89. The molecule has 0 unspecified atom stereocenters. The number of halogens is 1. The van der Waals surface area contributed by atoms with Crippen LogP contribution in [0.1, 0.15) is 21.5 Å². The van der Waals surface area contributed by atoms with Crippen molar-refractivity contribution in [2.24, 2.45) is 0 Å². The van der Waals surface area contributed by atoms with E-state index in [0.717, 1.165) is 36.8 Å². The van der Waals surface area contributed by atoms with Crippen LogP contribution in [0.25, 0.3) is 10.2 Å². The Morgan fingerprint density at radius 3 is 2.49 bits per heavy atom. The maximum atomic E-state index is 13.0. The summed E-state index contributed by atoms with van der Waals surface area (Å²) < 4.78 is 29.4. The highest BCUT2D eigenvalue weighted by Gasteiger charge is 2.22. The van der Waals surface area contributed by atoms with Crippen molar-refractivity contribution in [3.05, 3.63) is 82.4 Å². The minimum absolute atomic E-state index is 0.0670. The van der Waals surface area contributed by atoms with Crippen LogP contribution in [0.5, 0.6) is 0 Å². The number of hydrogen-bond acceptors (Lipinski definition) is 7. The molecule has 8 nitrogen and oxygen atoms in total. The van der Waals surface area contributed by atoms with Crippen LogP contribution in [0, 0.1) is 13.8 Å². The van der Waals surface area contributed by atoms with Gasteiger partial charge in [0.05, 0.1) is 26.4 Å². The molecule has 1 aliphatic rings. The summed E-state index contributed by atoms with van der Waals surface area (Å²) in [5.41, 5.74) is 4.03. The van der Waals surface area contributed by atoms with Crippen molar-refractivity contribution in [2.75, 3.05) is 48.9 Å². The molecular formula is C28H30ClN5O3S2. The Labute approximate surface area is 237 Å². The zero-order valence-corrected chi connectivity index (χ0v) is 24.2. The van der Waals surface area contributed by atoms with Gasteiger partial charge in [-0.2, -0.15) is 0 Å². The molecule has 2 heterocycles. The molecule has 39 heavy (non-hydrogen) atoms. The molecule has 0 aliphatic carbocycles. The Hall–Kier alpha value is -3.18. The fourth-order valence-electron chi connectivity index (χ4n) is 4.67. The van der Waals surface area contributed by atoms with Crippen molar-refractivity contribution in [1.29, 1.82) is 0 Å². The number of piperazine rings is 1. The number of anilines is 2. The largest absolute Gasteiger partial charge is 0.351 e. The van der Waals surface area contributed by atoms with Crippen LogP contribution in [0.2, 0.25) is 5.02 Å². The number of hydrogen-bond donors (Lipinski definition) is 2. The average molecular weight is 584 g/mol. The molecular weight excluding hydrogens is 554 g/mol. The summed E-state index contributed by atoms with van der Waals surface area (Å²) >= 11 is 7.62. The number of thiazole rings is 1. The summed E-state index contributed by atoms with van der Waals surface area (Å²) in [5, 5.41) is 4.44. The number of sulfonamides is 1. The molecule has 1 fully saturated rings. The van der Waals surface area contributed by atoms with Crippen molar-refractivity contribution in [2.45, 2.75) is 18.7 Å². The number of aromatic nitrogens is 1. The number of aryl methyl sites for hydroxylation is 2. The maximum absolute atomic E-state index is 13.0. The van der Waals surface area contributed by atoms with Gasteiger partial charge in [0.25, 0.3) is 15.9 Å². The van der Waals surface area contributed by atoms with E-state index in [1.165, 1.54) is 40.1 Å². The number of carbonyl (C=O) groups is 1. The van der Waals surface area contributed by atoms with Crippen LogP contribution in [0.15, 0.2) is 65.6 Å². The van der Waals surface area contributed by atoms with Gasteiger partial charge in [-0.25, -0.2) is 13.4 Å². The highest BCUT2D eigenvalue weighted by Crippen LogP contribution is 2.32. The van der Waals surface area contributed by atoms with Gasteiger partial charge >= 0.3 is 0 Å². The van der Waals surface area contributed by atoms with Crippen molar-refractivity contribution < 1.29 is 13.2 Å². The van der Waals surface area contributed by atoms with Crippen LogP contribution in [0.4, 0.5) is 10.8 Å². The molecule has 4 aromatic rings. The number of nitrogens with one attached hydrogen (secondary N) is 2. The maximum Gasteiger partial charge on any atom is 0.261 e. The van der Waals surface area contributed by atoms with Crippen LogP contribution < -0.4 is 14.9 Å². The van der Waals surface area contributed by atoms with Crippen LogP contribution in [0.3, 0.4) is 0 Å². The highest BCUT2D eigenvalue weighted by atomic mass is 35.5. The molecule has 3 aromatic carbocycles. The lowest BCUT2D eigenvalue weighted by Gasteiger charge is -2.34. The second-order valence-corrected chi connectivity index (χ2v) is 12.7. The first-order chi connectivity index (χ1) is 18.7. The molecule has 204 valence electrons. The monoisotopic (exact) mass is 583 g/mol. The van der Waals surface area contributed by atoms with E-state index < -0.39 is 10.0 Å². The lowest BCUT2D eigenvalue weighted by Crippen LogP contribution is -2.48. The third-order valence-electron chi connectivity index (χ3n) is 6.71. The average Bonchev–Trinajstić information content (AvgIpc) is 3.34. The molecule has 0 saturated carbocycles. The van der Waals surface area contributed by atoms with E-state index in [-0.39, 0.29) is 22.1 Å². The SMILES string of the molecule is Cc1cc(C)c2nc(N3CCN(CCNC(=O)c4ccccc4NS(=O)(=O)c4ccc(Cl)cc4)CC3)sc2c1. The summed E-state index contributed by atoms with van der Waals surface area (Å²) in [6.07, 6.45) is 0. The molecule has 0 bridgehead atoms. The predicted octanol–water partition coefficient (Wildman–Crippen LogP) is 4.92. The fraction of sp³-hybridized carbons (Fsp3) is 0.286. The van der Waals surface area contributed by atoms with E-state index in [1.807, 2.05) is 0 Å². The first-order valence-corrected chi connectivity index (χ1v) is 15.4. The molecule has 0 radical (unpaired) electrons. The molecule has 5 rings (SSSR count). The first kappa shape index (κ1) is 27.4. The second-order valence-electron chi connectivity index (χ2n) is 9.61. The summed E-state index contributed by atoms with van der Waals surface area (Å²) in [6, 6.07) is 16.8. The Morgan fingerprint density at radius 2 is 1.74 bits per heavy atom. The van der Waals surface area contributed by atoms with E-state index >= 15 is 0 Å². The van der Waals surface area contributed by atoms with Crippen LogP contribution >= 0.6 is 22.9 Å². The Bertz CT molecular complexity index is 1600. The predicted molar refractivity (Wildman–Crippen MR) is 159 cm³/mol. The Balaban J connectivity index is 1.14. The standard InChI is InChI=1S/C28H30ClN5O3S2/c1-19-17-20(2)26-25(18-19)38-28(31-26)34-15-13-33(14-16-34)12-11-30-27(35)23-5-3-4-6-24(23)32-39(36,37)22-9-7-21(29)8-10-22/h3-10,17-18,32H,11-16H2,1-2H3,(H,30,35). The van der Waals surface area contributed by atoms with Gasteiger partial charge in [-0.15, -0.1) is 0 Å². The van der Waals surface area contributed by atoms with E-state index in [4.69, 9.17) is 16.6 Å². The second kappa shape index (κ2) is 11.5. The van der Waals surface area contributed by atoms with E-state index in [9.17, 15) is 13.2 Å². The van der Waals surface area contributed by atoms with Gasteiger partial charge < -0.3 is 10.2 Å². The smallest absolute Gasteiger partial charge is 0.261 e. The third kappa shape index (κ3) is 6.36. The quantitative estimate of drug-likeness (QED) is 0.306. The molecule has 1 saturated heterocycles. The first-order valence-electron chi connectivity index (χ1n) is 12.7. The summed E-state index contributed by atoms with van der Waals surface area (Å²) in [7, 11) is -3.87. The number of benzene rings is 3. The summed E-state index contributed by atoms with van der Waals surface area (Å²) in [4.78, 5) is 22.6. The molecule has 0 spiro atoms. The number of para-hydroxylation sites is 1. The number of rotatable bonds is 8. The molecule has 11 heteroatoms. The fourth-order valence-corrected chi connectivity index (χ4v) is 7.07. The van der Waals surface area contributed by atoms with Gasteiger partial charge in [-0.1, -0.05) is 41.1 Å².